The number of anilines is 1. The average Bonchev–Trinajstić information content (AvgIpc) is 2.32. The molecule has 1 aromatic rings. The van der Waals surface area contributed by atoms with E-state index in [0.29, 0.717) is 0 Å². The maximum absolute atomic E-state index is 13.5. The molecule has 2 amide bonds. The van der Waals surface area contributed by atoms with Crippen LogP contribution in [0.15, 0.2) is 12.1 Å². The number of halogens is 2. The monoisotopic (exact) mass is 288 g/mol. The van der Waals surface area contributed by atoms with E-state index in [0.717, 1.165) is 12.1 Å². The van der Waals surface area contributed by atoms with Gasteiger partial charge in [0.15, 0.2) is 0 Å². The fourth-order valence-corrected chi connectivity index (χ4v) is 1.66. The number of carbonyl (C=O) groups is 2. The molecule has 0 fully saturated rings. The Hall–Kier alpha value is -1.63. The third-order valence-electron chi connectivity index (χ3n) is 2.38. The molecule has 2 N–H and O–H groups in total. The minimum Gasteiger partial charge on any atom is -0.344 e. The van der Waals surface area contributed by atoms with Crippen molar-refractivity contribution in [2.75, 3.05) is 11.1 Å². The predicted octanol–water partition coefficient (Wildman–Crippen LogP) is 1.65. The first-order chi connectivity index (χ1) is 8.85. The van der Waals surface area contributed by atoms with Gasteiger partial charge in [0, 0.05) is 18.7 Å². The van der Waals surface area contributed by atoms with Gasteiger partial charge in [0.25, 0.3) is 0 Å². The van der Waals surface area contributed by atoms with Crippen LogP contribution in [-0.4, -0.2) is 23.6 Å². The predicted molar refractivity (Wildman–Crippen MR) is 71.2 cm³/mol. The smallest absolute Gasteiger partial charge is 0.247 e. The van der Waals surface area contributed by atoms with E-state index < -0.39 is 29.5 Å². The molecule has 0 aromatic heterocycles. The van der Waals surface area contributed by atoms with Gasteiger partial charge in [-0.3, -0.25) is 9.59 Å². The van der Waals surface area contributed by atoms with Crippen molar-refractivity contribution in [3.63, 3.8) is 0 Å². The second-order valence-electron chi connectivity index (χ2n) is 4.01. The molecule has 0 saturated heterocycles. The fourth-order valence-electron chi connectivity index (χ4n) is 1.40. The quantitative estimate of drug-likeness (QED) is 0.738. The van der Waals surface area contributed by atoms with E-state index in [2.05, 4.69) is 23.3 Å². The fraction of sp³-hybridized carbons (Fsp3) is 0.333. The number of thiol groups is 1. The van der Waals surface area contributed by atoms with E-state index in [-0.39, 0.29) is 17.0 Å². The summed E-state index contributed by atoms with van der Waals surface area (Å²) in [5.41, 5.74) is -0.131. The van der Waals surface area contributed by atoms with Crippen LogP contribution in [-0.2, 0) is 9.59 Å². The molecule has 104 valence electrons. The molecule has 1 aromatic carbocycles. The Balaban J connectivity index is 2.86. The Labute approximate surface area is 115 Å². The maximum atomic E-state index is 13.5. The highest BCUT2D eigenvalue weighted by Crippen LogP contribution is 2.19. The maximum Gasteiger partial charge on any atom is 0.247 e. The molecular weight excluding hydrogens is 274 g/mol. The highest BCUT2D eigenvalue weighted by atomic mass is 32.1. The Bertz CT molecular complexity index is 509. The first kappa shape index (κ1) is 15.4. The van der Waals surface area contributed by atoms with Gasteiger partial charge in [-0.2, -0.15) is 12.6 Å². The van der Waals surface area contributed by atoms with Crippen molar-refractivity contribution in [2.24, 2.45) is 0 Å². The number of hydrogen-bond donors (Lipinski definition) is 3. The van der Waals surface area contributed by atoms with Crippen LogP contribution in [0, 0.1) is 18.6 Å². The first-order valence-corrected chi connectivity index (χ1v) is 6.13. The van der Waals surface area contributed by atoms with Crippen molar-refractivity contribution in [2.45, 2.75) is 19.9 Å². The summed E-state index contributed by atoms with van der Waals surface area (Å²) in [5, 5.41) is 4.57. The summed E-state index contributed by atoms with van der Waals surface area (Å²) in [6, 6.07) is 0.968. The summed E-state index contributed by atoms with van der Waals surface area (Å²) >= 11 is 3.92. The molecule has 0 aliphatic heterocycles. The number of nitrogens with one attached hydrogen (secondary N) is 2. The molecule has 0 bridgehead atoms. The van der Waals surface area contributed by atoms with E-state index in [4.69, 9.17) is 0 Å². The Kier molecular flexibility index (Phi) is 5.29. The molecule has 0 saturated carbocycles. The third-order valence-corrected chi connectivity index (χ3v) is 2.75. The first-order valence-electron chi connectivity index (χ1n) is 5.49. The molecule has 0 radical (unpaired) electrons. The molecule has 0 aliphatic rings. The van der Waals surface area contributed by atoms with Crippen LogP contribution >= 0.6 is 12.6 Å². The Morgan fingerprint density at radius 3 is 2.47 bits per heavy atom. The summed E-state index contributed by atoms with van der Waals surface area (Å²) in [4.78, 5) is 22.6. The second-order valence-corrected chi connectivity index (χ2v) is 4.37. The molecule has 0 heterocycles. The molecule has 19 heavy (non-hydrogen) atoms. The molecule has 1 rings (SSSR count). The van der Waals surface area contributed by atoms with Crippen molar-refractivity contribution in [3.05, 3.63) is 29.3 Å². The molecule has 0 spiro atoms. The van der Waals surface area contributed by atoms with E-state index >= 15 is 0 Å². The van der Waals surface area contributed by atoms with Gasteiger partial charge in [-0.1, -0.05) is 0 Å². The normalized spacial score (nSPS) is 11.8. The van der Waals surface area contributed by atoms with Crippen LogP contribution in [0.3, 0.4) is 0 Å². The van der Waals surface area contributed by atoms with Crippen LogP contribution in [0.1, 0.15) is 12.5 Å². The second kappa shape index (κ2) is 6.51. The topological polar surface area (TPSA) is 58.2 Å². The molecular formula is C12H14F2N2O2S. The molecule has 7 heteroatoms. The zero-order valence-corrected chi connectivity index (χ0v) is 11.4. The number of hydrogen-bond acceptors (Lipinski definition) is 3. The summed E-state index contributed by atoms with van der Waals surface area (Å²) in [5.74, 6) is -2.40. The summed E-state index contributed by atoms with van der Waals surface area (Å²) in [7, 11) is 0. The zero-order chi connectivity index (χ0) is 14.6. The minimum absolute atomic E-state index is 0.0430. The van der Waals surface area contributed by atoms with Crippen LogP contribution in [0.5, 0.6) is 0 Å². The van der Waals surface area contributed by atoms with E-state index in [1.165, 1.54) is 13.8 Å². The van der Waals surface area contributed by atoms with Crippen LogP contribution in [0.4, 0.5) is 14.5 Å². The Morgan fingerprint density at radius 2 is 1.95 bits per heavy atom. The highest BCUT2D eigenvalue weighted by Gasteiger charge is 2.19. The van der Waals surface area contributed by atoms with Gasteiger partial charge in [-0.05, 0) is 18.6 Å². The molecule has 0 aliphatic carbocycles. The summed E-state index contributed by atoms with van der Waals surface area (Å²) in [6.07, 6.45) is 0. The number of rotatable bonds is 4. The minimum atomic E-state index is -0.912. The van der Waals surface area contributed by atoms with Gasteiger partial charge in [-0.15, -0.1) is 0 Å². The van der Waals surface area contributed by atoms with Gasteiger partial charge in [-0.25, -0.2) is 8.78 Å². The van der Waals surface area contributed by atoms with E-state index in [1.807, 2.05) is 0 Å². The Morgan fingerprint density at radius 1 is 1.32 bits per heavy atom. The van der Waals surface area contributed by atoms with Crippen molar-refractivity contribution < 1.29 is 18.4 Å². The average molecular weight is 288 g/mol. The lowest BCUT2D eigenvalue weighted by Gasteiger charge is -2.16. The van der Waals surface area contributed by atoms with Gasteiger partial charge < -0.3 is 10.6 Å². The molecule has 1 atom stereocenters. The largest absolute Gasteiger partial charge is 0.344 e. The van der Waals surface area contributed by atoms with E-state index in [1.54, 1.807) is 0 Å². The summed E-state index contributed by atoms with van der Waals surface area (Å²) < 4.78 is 26.8. The third kappa shape index (κ3) is 4.20. The number of amides is 2. The number of carbonyl (C=O) groups excluding carboxylic acids is 2. The van der Waals surface area contributed by atoms with Crippen molar-refractivity contribution in [1.29, 1.82) is 0 Å². The van der Waals surface area contributed by atoms with Gasteiger partial charge in [0.1, 0.15) is 17.7 Å². The van der Waals surface area contributed by atoms with Crippen molar-refractivity contribution in [3.8, 4) is 0 Å². The lowest BCUT2D eigenvalue weighted by molar-refractivity contribution is -0.124. The van der Waals surface area contributed by atoms with E-state index in [9.17, 15) is 18.4 Å². The van der Waals surface area contributed by atoms with Gasteiger partial charge in [0.2, 0.25) is 11.8 Å². The van der Waals surface area contributed by atoms with Crippen LogP contribution in [0.25, 0.3) is 0 Å². The van der Waals surface area contributed by atoms with Crippen molar-refractivity contribution >= 4 is 30.1 Å². The molecule has 1 unspecified atom stereocenters. The van der Waals surface area contributed by atoms with Gasteiger partial charge >= 0.3 is 0 Å². The zero-order valence-electron chi connectivity index (χ0n) is 10.5. The van der Waals surface area contributed by atoms with Gasteiger partial charge in [0.05, 0.1) is 5.69 Å². The highest BCUT2D eigenvalue weighted by molar-refractivity contribution is 7.80. The van der Waals surface area contributed by atoms with Crippen LogP contribution in [0.2, 0.25) is 0 Å². The van der Waals surface area contributed by atoms with Crippen LogP contribution < -0.4 is 10.6 Å². The lowest BCUT2D eigenvalue weighted by atomic mass is 10.2. The summed E-state index contributed by atoms with van der Waals surface area (Å²) in [6.45, 7) is 2.66. The lowest BCUT2D eigenvalue weighted by Crippen LogP contribution is -2.44. The van der Waals surface area contributed by atoms with Crippen molar-refractivity contribution in [1.82, 2.24) is 5.32 Å². The SMILES string of the molecule is CC(=O)NC(CS)C(=O)Nc1cc(F)c(C)cc1F. The number of aryl methyl sites for hydroxylation is 1. The molecule has 4 nitrogen and oxygen atoms in total. The standard InChI is InChI=1S/C12H14F2N2O2S/c1-6-3-9(14)10(4-8(6)13)16-12(18)11(5-19)15-7(2)17/h3-4,11,19H,5H2,1-2H3,(H,15,17)(H,16,18). The number of benzene rings is 1.